The van der Waals surface area contributed by atoms with Gasteiger partial charge in [0.2, 0.25) is 0 Å². The minimum Gasteiger partial charge on any atom is -0.481 e. The summed E-state index contributed by atoms with van der Waals surface area (Å²) in [5, 5.41) is 20.1. The molecule has 0 aliphatic heterocycles. The van der Waals surface area contributed by atoms with Crippen LogP contribution in [-0.4, -0.2) is 32.2 Å². The van der Waals surface area contributed by atoms with E-state index in [1.54, 1.807) is 18.2 Å². The highest BCUT2D eigenvalue weighted by Crippen LogP contribution is 2.28. The van der Waals surface area contributed by atoms with Gasteiger partial charge in [0.15, 0.2) is 5.82 Å². The van der Waals surface area contributed by atoms with Crippen molar-refractivity contribution in [3.05, 3.63) is 35.1 Å². The first kappa shape index (κ1) is 16.8. The number of nitrogens with one attached hydrogen (secondary N) is 2. The summed E-state index contributed by atoms with van der Waals surface area (Å²) >= 11 is 1.43. The molecule has 0 saturated heterocycles. The van der Waals surface area contributed by atoms with Crippen molar-refractivity contribution < 1.29 is 9.90 Å². The summed E-state index contributed by atoms with van der Waals surface area (Å²) in [5.74, 6) is -0.250. The van der Waals surface area contributed by atoms with Gasteiger partial charge in [0.05, 0.1) is 5.01 Å². The lowest BCUT2D eigenvalue weighted by atomic mass is 10.1. The Labute approximate surface area is 147 Å². The lowest BCUT2D eigenvalue weighted by Gasteiger charge is -2.07. The zero-order valence-electron chi connectivity index (χ0n) is 13.2. The molecular weight excluding hydrogens is 340 g/mol. The number of fused-ring (bicyclic) bond motifs is 1. The van der Waals surface area contributed by atoms with Crippen LogP contribution in [0.5, 0.6) is 0 Å². The smallest absolute Gasteiger partial charge is 0.303 e. The Kier molecular flexibility index (Phi) is 4.85. The molecule has 3 rings (SSSR count). The molecule has 0 saturated carbocycles. The summed E-state index contributed by atoms with van der Waals surface area (Å²) in [7, 11) is 0. The zero-order chi connectivity index (χ0) is 17.8. The summed E-state index contributed by atoms with van der Waals surface area (Å²) in [6, 6.07) is 5.28. The molecule has 2 heterocycles. The molecule has 2 aromatic heterocycles. The Morgan fingerprint density at radius 3 is 3.00 bits per heavy atom. The molecule has 25 heavy (non-hydrogen) atoms. The first-order valence-corrected chi connectivity index (χ1v) is 8.37. The van der Waals surface area contributed by atoms with Crippen molar-refractivity contribution in [2.45, 2.75) is 19.3 Å². The normalized spacial score (nSPS) is 10.7. The number of carboxylic acids is 1. The van der Waals surface area contributed by atoms with Crippen LogP contribution < -0.4 is 11.1 Å². The summed E-state index contributed by atoms with van der Waals surface area (Å²) in [4.78, 5) is 24.4. The number of nitrogens with two attached hydrogens (primary N) is 1. The van der Waals surface area contributed by atoms with Gasteiger partial charge < -0.3 is 21.6 Å². The second kappa shape index (κ2) is 7.22. The highest BCUT2D eigenvalue weighted by molar-refractivity contribution is 7.18. The predicted molar refractivity (Wildman–Crippen MR) is 97.8 cm³/mol. The highest BCUT2D eigenvalue weighted by atomic mass is 32.1. The van der Waals surface area contributed by atoms with Crippen LogP contribution in [0.15, 0.2) is 24.5 Å². The van der Waals surface area contributed by atoms with E-state index in [-0.39, 0.29) is 6.42 Å². The molecule has 0 unspecified atom stereocenters. The first-order valence-electron chi connectivity index (χ1n) is 7.56. The van der Waals surface area contributed by atoms with Crippen LogP contribution in [0.2, 0.25) is 0 Å². The average molecular weight is 356 g/mol. The molecule has 128 valence electrons. The number of aryl methyl sites for hydroxylation is 1. The van der Waals surface area contributed by atoms with Crippen LogP contribution >= 0.6 is 11.3 Å². The maximum absolute atomic E-state index is 10.6. The Hall–Kier alpha value is -3.07. The number of nitrogens with zero attached hydrogens (tertiary/aromatic N) is 3. The number of nitrogen functional groups attached to an aromatic ring is 1. The van der Waals surface area contributed by atoms with Gasteiger partial charge in [-0.25, -0.2) is 15.0 Å². The SMILES string of the molecule is N=Cc1cc(Nc2ncnc3sc(CCCC(=O)O)nc23)ccc1N. The predicted octanol–water partition coefficient (Wildman–Crippen LogP) is 2.82. The molecule has 0 radical (unpaired) electrons. The molecule has 9 heteroatoms. The average Bonchev–Trinajstić information content (AvgIpc) is 3.00. The van der Waals surface area contributed by atoms with Crippen LogP contribution in [0.1, 0.15) is 23.4 Å². The van der Waals surface area contributed by atoms with Gasteiger partial charge in [-0.3, -0.25) is 4.79 Å². The van der Waals surface area contributed by atoms with Crippen LogP contribution in [0.4, 0.5) is 17.2 Å². The van der Waals surface area contributed by atoms with Gasteiger partial charge >= 0.3 is 5.97 Å². The molecule has 0 aliphatic carbocycles. The lowest BCUT2D eigenvalue weighted by Crippen LogP contribution is -1.99. The van der Waals surface area contributed by atoms with E-state index in [1.807, 2.05) is 0 Å². The second-order valence-electron chi connectivity index (χ2n) is 5.34. The molecule has 0 bridgehead atoms. The summed E-state index contributed by atoms with van der Waals surface area (Å²) in [5.41, 5.74) is 8.33. The molecule has 0 aliphatic rings. The fourth-order valence-electron chi connectivity index (χ4n) is 2.30. The zero-order valence-corrected chi connectivity index (χ0v) is 14.0. The van der Waals surface area contributed by atoms with E-state index in [1.165, 1.54) is 23.9 Å². The second-order valence-corrected chi connectivity index (χ2v) is 6.41. The van der Waals surface area contributed by atoms with Gasteiger partial charge in [0.1, 0.15) is 16.7 Å². The number of aliphatic carboxylic acids is 1. The maximum Gasteiger partial charge on any atom is 0.303 e. The number of hydrogen-bond acceptors (Lipinski definition) is 8. The molecule has 0 amide bonds. The quantitative estimate of drug-likeness (QED) is 0.377. The molecule has 0 fully saturated rings. The minimum absolute atomic E-state index is 0.116. The van der Waals surface area contributed by atoms with Crippen molar-refractivity contribution >= 4 is 51.1 Å². The van der Waals surface area contributed by atoms with Gasteiger partial charge in [0.25, 0.3) is 0 Å². The summed E-state index contributed by atoms with van der Waals surface area (Å²) in [6.45, 7) is 0. The Balaban J connectivity index is 1.85. The number of thiazole rings is 1. The largest absolute Gasteiger partial charge is 0.481 e. The molecule has 1 aromatic carbocycles. The molecule has 0 atom stereocenters. The topological polar surface area (TPSA) is 138 Å². The van der Waals surface area contributed by atoms with Gasteiger partial charge in [-0.05, 0) is 31.0 Å². The van der Waals surface area contributed by atoms with Crippen molar-refractivity contribution in [3.63, 3.8) is 0 Å². The third-order valence-corrected chi connectivity index (χ3v) is 4.55. The standard InChI is InChI=1S/C16H16N6O2S/c17-7-9-6-10(4-5-11(9)18)21-15-14-16(20-8-19-15)25-12(22-14)2-1-3-13(23)24/h4-8,17H,1-3,18H2,(H,23,24)(H,19,20,21). The van der Waals surface area contributed by atoms with Crippen molar-refractivity contribution in [2.24, 2.45) is 0 Å². The van der Waals surface area contributed by atoms with Crippen molar-refractivity contribution in [1.82, 2.24) is 15.0 Å². The number of carboxylic acid groups (broad SMARTS) is 1. The van der Waals surface area contributed by atoms with E-state index in [4.69, 9.17) is 16.2 Å². The van der Waals surface area contributed by atoms with Crippen LogP contribution in [-0.2, 0) is 11.2 Å². The van der Waals surface area contributed by atoms with E-state index in [2.05, 4.69) is 20.3 Å². The highest BCUT2D eigenvalue weighted by Gasteiger charge is 2.12. The van der Waals surface area contributed by atoms with E-state index >= 15 is 0 Å². The van der Waals surface area contributed by atoms with Crippen molar-refractivity contribution in [1.29, 1.82) is 5.41 Å². The summed E-state index contributed by atoms with van der Waals surface area (Å²) < 4.78 is 0. The number of anilines is 3. The fourth-order valence-corrected chi connectivity index (χ4v) is 3.25. The number of aromatic nitrogens is 3. The lowest BCUT2D eigenvalue weighted by molar-refractivity contribution is -0.137. The maximum atomic E-state index is 10.6. The minimum atomic E-state index is -0.811. The summed E-state index contributed by atoms with van der Waals surface area (Å²) in [6.07, 6.45) is 3.89. The fraction of sp³-hybridized carbons (Fsp3) is 0.188. The Morgan fingerprint density at radius 1 is 1.40 bits per heavy atom. The number of carbonyl (C=O) groups is 1. The van der Waals surface area contributed by atoms with Crippen molar-refractivity contribution in [2.75, 3.05) is 11.1 Å². The molecule has 0 spiro atoms. The van der Waals surface area contributed by atoms with Crippen LogP contribution in [0, 0.1) is 5.41 Å². The van der Waals surface area contributed by atoms with Gasteiger partial charge in [0, 0.05) is 29.6 Å². The van der Waals surface area contributed by atoms with E-state index in [0.29, 0.717) is 35.4 Å². The third kappa shape index (κ3) is 3.89. The Bertz CT molecular complexity index is 940. The number of hydrogen-bond donors (Lipinski definition) is 4. The van der Waals surface area contributed by atoms with Crippen molar-refractivity contribution in [3.8, 4) is 0 Å². The first-order chi connectivity index (χ1) is 12.1. The molecular formula is C16H16N6O2S. The van der Waals surface area contributed by atoms with Gasteiger partial charge in [-0.2, -0.15) is 0 Å². The Morgan fingerprint density at radius 2 is 2.24 bits per heavy atom. The van der Waals surface area contributed by atoms with E-state index in [0.717, 1.165) is 15.5 Å². The van der Waals surface area contributed by atoms with Crippen LogP contribution in [0.3, 0.4) is 0 Å². The monoisotopic (exact) mass is 356 g/mol. The number of benzene rings is 1. The van der Waals surface area contributed by atoms with E-state index < -0.39 is 5.97 Å². The molecule has 8 nitrogen and oxygen atoms in total. The molecule has 3 aromatic rings. The van der Waals surface area contributed by atoms with E-state index in [9.17, 15) is 4.79 Å². The third-order valence-electron chi connectivity index (χ3n) is 3.53. The van der Waals surface area contributed by atoms with Gasteiger partial charge in [-0.1, -0.05) is 11.3 Å². The van der Waals surface area contributed by atoms with Crippen LogP contribution in [0.25, 0.3) is 10.3 Å². The number of rotatable bonds is 7. The van der Waals surface area contributed by atoms with Gasteiger partial charge in [-0.15, -0.1) is 0 Å². The molecule has 5 N–H and O–H groups in total.